The van der Waals surface area contributed by atoms with Gasteiger partial charge in [-0.15, -0.1) is 0 Å². The van der Waals surface area contributed by atoms with Crippen LogP contribution >= 0.6 is 0 Å². The fourth-order valence-corrected chi connectivity index (χ4v) is 11.7. The van der Waals surface area contributed by atoms with Crippen LogP contribution in [0.5, 0.6) is 0 Å². The smallest absolute Gasteiger partial charge is 0.305 e. The number of carbonyl (C=O) groups excluding carboxylic acids is 2. The highest BCUT2D eigenvalue weighted by Gasteiger charge is 2.18. The highest BCUT2D eigenvalue weighted by Crippen LogP contribution is 2.19. The molecule has 0 bridgehead atoms. The van der Waals surface area contributed by atoms with Crippen LogP contribution in [0.25, 0.3) is 0 Å². The number of amides is 1. The molecule has 484 valence electrons. The number of rotatable bonds is 70. The van der Waals surface area contributed by atoms with Gasteiger partial charge in [-0.1, -0.05) is 378 Å². The minimum Gasteiger partial charge on any atom is -0.466 e. The Kier molecular flexibility index (Phi) is 69.9. The number of allylic oxidation sites excluding steroid dienone is 5. The second-order valence-corrected chi connectivity index (χ2v) is 25.6. The molecule has 2 unspecified atom stereocenters. The van der Waals surface area contributed by atoms with Gasteiger partial charge in [-0.05, 0) is 57.8 Å². The third kappa shape index (κ3) is 67.2. The van der Waals surface area contributed by atoms with Gasteiger partial charge in [0.05, 0.1) is 25.4 Å². The maximum atomic E-state index is 12.5. The summed E-state index contributed by atoms with van der Waals surface area (Å²) in [5, 5.41) is 23.2. The molecule has 0 aliphatic rings. The fraction of sp³-hybridized carbons (Fsp3) is 0.895. The summed E-state index contributed by atoms with van der Waals surface area (Å²) in [4.78, 5) is 24.5. The summed E-state index contributed by atoms with van der Waals surface area (Å²) in [5.41, 5.74) is 0. The maximum absolute atomic E-state index is 12.5. The molecule has 0 saturated carbocycles. The van der Waals surface area contributed by atoms with Gasteiger partial charge in [0.1, 0.15) is 0 Å². The van der Waals surface area contributed by atoms with E-state index in [9.17, 15) is 19.8 Å². The summed E-state index contributed by atoms with van der Waals surface area (Å²) in [6.45, 7) is 4.89. The van der Waals surface area contributed by atoms with Crippen molar-refractivity contribution in [2.75, 3.05) is 13.2 Å². The van der Waals surface area contributed by atoms with Crippen molar-refractivity contribution >= 4 is 11.9 Å². The van der Waals surface area contributed by atoms with Crippen LogP contribution < -0.4 is 5.32 Å². The summed E-state index contributed by atoms with van der Waals surface area (Å²) in [6, 6.07) is -0.623. The molecule has 0 aliphatic heterocycles. The van der Waals surface area contributed by atoms with Gasteiger partial charge in [0, 0.05) is 12.8 Å². The highest BCUT2D eigenvalue weighted by atomic mass is 16.5. The van der Waals surface area contributed by atoms with Crippen LogP contribution in [0.3, 0.4) is 0 Å². The van der Waals surface area contributed by atoms with Crippen LogP contribution in [-0.2, 0) is 14.3 Å². The Morgan fingerprint density at radius 2 is 0.622 bits per heavy atom. The minimum atomic E-state index is -0.840. The quantitative estimate of drug-likeness (QED) is 0.0320. The molecular weight excluding hydrogens is 1010 g/mol. The summed E-state index contributed by atoms with van der Waals surface area (Å²) < 4.78 is 5.49. The molecule has 0 aromatic heterocycles. The van der Waals surface area contributed by atoms with E-state index < -0.39 is 12.1 Å². The van der Waals surface area contributed by atoms with Crippen molar-refractivity contribution in [1.29, 1.82) is 0 Å². The van der Waals surface area contributed by atoms with Crippen LogP contribution in [0.2, 0.25) is 0 Å². The molecule has 0 rings (SSSR count). The number of unbranched alkanes of at least 4 members (excludes halogenated alkanes) is 55. The zero-order chi connectivity index (χ0) is 59.2. The Bertz CT molecular complexity index is 1330. The molecule has 0 radical (unpaired) electrons. The molecule has 0 aliphatic carbocycles. The molecule has 0 heterocycles. The van der Waals surface area contributed by atoms with Gasteiger partial charge in [0.15, 0.2) is 0 Å². The number of hydrogen-bond donors (Lipinski definition) is 3. The first-order valence-electron chi connectivity index (χ1n) is 37.3. The van der Waals surface area contributed by atoms with Gasteiger partial charge >= 0.3 is 5.97 Å². The molecule has 3 N–H and O–H groups in total. The van der Waals surface area contributed by atoms with E-state index in [0.29, 0.717) is 19.4 Å². The molecule has 82 heavy (non-hydrogen) atoms. The van der Waals surface area contributed by atoms with E-state index in [4.69, 9.17) is 4.74 Å². The van der Waals surface area contributed by atoms with E-state index in [0.717, 1.165) is 51.4 Å². The number of aliphatic hydroxyl groups is 2. The third-order valence-electron chi connectivity index (χ3n) is 17.4. The SMILES string of the molecule is CCCC/C=C\C/C=C\CCCCCCCC(=O)OCCCCCCCCCCCCCCCCCCCCCCCCCCCCCCCCCCCCCCCC(=O)NC(CO)C(O)/C=C/CCCCCCCCCCCCCC. The summed E-state index contributed by atoms with van der Waals surface area (Å²) in [6.07, 6.45) is 92.6. The van der Waals surface area contributed by atoms with Crippen molar-refractivity contribution in [1.82, 2.24) is 5.32 Å². The molecule has 6 nitrogen and oxygen atoms in total. The van der Waals surface area contributed by atoms with Gasteiger partial charge < -0.3 is 20.3 Å². The van der Waals surface area contributed by atoms with Crippen molar-refractivity contribution in [3.05, 3.63) is 36.5 Å². The second kappa shape index (κ2) is 71.6. The molecule has 6 heteroatoms. The van der Waals surface area contributed by atoms with Crippen molar-refractivity contribution in [2.24, 2.45) is 0 Å². The lowest BCUT2D eigenvalue weighted by Gasteiger charge is -2.20. The molecule has 0 aromatic rings. The normalized spacial score (nSPS) is 12.7. The number of aliphatic hydroxyl groups excluding tert-OH is 2. The average molecular weight is 1150 g/mol. The molecule has 1 amide bonds. The maximum Gasteiger partial charge on any atom is 0.305 e. The lowest BCUT2D eigenvalue weighted by atomic mass is 10.0. The predicted molar refractivity (Wildman–Crippen MR) is 361 cm³/mol. The molecule has 0 aromatic carbocycles. The van der Waals surface area contributed by atoms with Crippen molar-refractivity contribution < 1.29 is 24.5 Å². The Balaban J connectivity index is 3.31. The zero-order valence-corrected chi connectivity index (χ0v) is 55.5. The van der Waals surface area contributed by atoms with Gasteiger partial charge in [0.2, 0.25) is 5.91 Å². The minimum absolute atomic E-state index is 0.00878. The van der Waals surface area contributed by atoms with E-state index in [1.54, 1.807) is 6.08 Å². The first-order chi connectivity index (χ1) is 40.5. The van der Waals surface area contributed by atoms with Crippen LogP contribution in [-0.4, -0.2) is 47.4 Å². The van der Waals surface area contributed by atoms with Crippen LogP contribution in [0.15, 0.2) is 36.5 Å². The van der Waals surface area contributed by atoms with E-state index >= 15 is 0 Å². The van der Waals surface area contributed by atoms with Crippen LogP contribution in [0.4, 0.5) is 0 Å². The van der Waals surface area contributed by atoms with E-state index in [1.165, 1.54) is 334 Å². The largest absolute Gasteiger partial charge is 0.466 e. The monoisotopic (exact) mass is 1150 g/mol. The topological polar surface area (TPSA) is 95.9 Å². The van der Waals surface area contributed by atoms with Gasteiger partial charge in [-0.2, -0.15) is 0 Å². The van der Waals surface area contributed by atoms with Crippen molar-refractivity contribution in [3.63, 3.8) is 0 Å². The van der Waals surface area contributed by atoms with Crippen LogP contribution in [0.1, 0.15) is 412 Å². The number of esters is 1. The Labute approximate surface area is 513 Å². The zero-order valence-electron chi connectivity index (χ0n) is 55.5. The Hall–Kier alpha value is -1.92. The van der Waals surface area contributed by atoms with E-state index in [1.807, 2.05) is 6.08 Å². The molecule has 2 atom stereocenters. The fourth-order valence-electron chi connectivity index (χ4n) is 11.7. The lowest BCUT2D eigenvalue weighted by molar-refractivity contribution is -0.143. The number of hydrogen-bond acceptors (Lipinski definition) is 5. The average Bonchev–Trinajstić information content (AvgIpc) is 3.48. The second-order valence-electron chi connectivity index (χ2n) is 25.6. The molecular formula is C76H145NO5. The Morgan fingerprint density at radius 3 is 0.963 bits per heavy atom. The predicted octanol–water partition coefficient (Wildman–Crippen LogP) is 24.3. The third-order valence-corrected chi connectivity index (χ3v) is 17.4. The first kappa shape index (κ1) is 80.1. The van der Waals surface area contributed by atoms with E-state index in [2.05, 4.69) is 43.5 Å². The number of ether oxygens (including phenoxy) is 1. The van der Waals surface area contributed by atoms with Crippen LogP contribution in [0, 0.1) is 0 Å². The van der Waals surface area contributed by atoms with Crippen molar-refractivity contribution in [3.8, 4) is 0 Å². The highest BCUT2D eigenvalue weighted by molar-refractivity contribution is 5.76. The number of nitrogens with one attached hydrogen (secondary N) is 1. The van der Waals surface area contributed by atoms with Gasteiger partial charge in [-0.25, -0.2) is 0 Å². The standard InChI is InChI=1S/C76H145NO5/c1-3-5-7-9-11-13-15-17-44-48-52-56-60-64-68-74(79)73(72-78)77-75(80)69-65-61-57-53-49-45-42-40-38-36-34-32-30-28-26-24-22-20-19-21-23-25-27-29-31-33-35-37-39-41-43-47-51-55-59-63-67-71-82-76(81)70-66-62-58-54-50-46-18-16-14-12-10-8-6-4-2/h10,12,16,18,64,68,73-74,78-79H,3-9,11,13-15,17,19-63,65-67,69-72H2,1-2H3,(H,77,80)/b12-10-,18-16-,68-64+. The first-order valence-corrected chi connectivity index (χ1v) is 37.3. The molecule has 0 spiro atoms. The summed E-state index contributed by atoms with van der Waals surface area (Å²) in [5.74, 6) is -0.0514. The summed E-state index contributed by atoms with van der Waals surface area (Å²) in [7, 11) is 0. The lowest BCUT2D eigenvalue weighted by Crippen LogP contribution is -2.45. The van der Waals surface area contributed by atoms with Gasteiger partial charge in [0.25, 0.3) is 0 Å². The molecule has 0 saturated heterocycles. The van der Waals surface area contributed by atoms with E-state index in [-0.39, 0.29) is 18.5 Å². The summed E-state index contributed by atoms with van der Waals surface area (Å²) >= 11 is 0. The van der Waals surface area contributed by atoms with Crippen molar-refractivity contribution in [2.45, 2.75) is 424 Å². The molecule has 0 fully saturated rings. The number of carbonyl (C=O) groups is 2. The van der Waals surface area contributed by atoms with Gasteiger partial charge in [-0.3, -0.25) is 9.59 Å². The Morgan fingerprint density at radius 1 is 0.341 bits per heavy atom.